The van der Waals surface area contributed by atoms with Gasteiger partial charge < -0.3 is 11.3 Å². The number of hydrogen-bond donors (Lipinski definition) is 1. The van der Waals surface area contributed by atoms with E-state index in [0.717, 1.165) is 19.3 Å². The van der Waals surface area contributed by atoms with Gasteiger partial charge in [0.05, 0.1) is 6.61 Å². The predicted molar refractivity (Wildman–Crippen MR) is 43.8 cm³/mol. The predicted octanol–water partition coefficient (Wildman–Crippen LogP) is -1.69. The van der Waals surface area contributed by atoms with E-state index in [1.54, 1.807) is 0 Å². The van der Waals surface area contributed by atoms with Gasteiger partial charge in [0.1, 0.15) is 6.42 Å². The Bertz CT molecular complexity index is 163. The third-order valence-electron chi connectivity index (χ3n) is 1.31. The first-order chi connectivity index (χ1) is 5.66. The van der Waals surface area contributed by atoms with Crippen LogP contribution in [0.15, 0.2) is 0 Å². The molecule has 72 valence electrons. The van der Waals surface area contributed by atoms with Crippen LogP contribution >= 0.6 is 0 Å². The molecule has 1 N–H and O–H groups in total. The molecule has 0 radical (unpaired) electrons. The summed E-state index contributed by atoms with van der Waals surface area (Å²) in [5, 5.41) is 8.19. The summed E-state index contributed by atoms with van der Waals surface area (Å²) in [6, 6.07) is 0. The molecule has 0 amide bonds. The first kappa shape index (κ1) is 16.2. The fourth-order valence-electron chi connectivity index (χ4n) is 0.713. The van der Waals surface area contributed by atoms with Gasteiger partial charge in [0.25, 0.3) is 0 Å². The number of carboxylic acid groups (broad SMARTS) is 1. The molecule has 0 heterocycles. The van der Waals surface area contributed by atoms with Crippen molar-refractivity contribution >= 4 is 11.9 Å². The van der Waals surface area contributed by atoms with Crippen LogP contribution < -0.4 is 58.2 Å². The summed E-state index contributed by atoms with van der Waals surface area (Å²) < 4.78 is 4.64. The SMILES string of the molecule is CCCCCOC(=O)CC(=O)O.[H-].[Rb+]. The van der Waals surface area contributed by atoms with Crippen molar-refractivity contribution < 1.29 is 79.0 Å². The minimum Gasteiger partial charge on any atom is -1.00 e. The van der Waals surface area contributed by atoms with Crippen LogP contribution in [0.25, 0.3) is 0 Å². The second kappa shape index (κ2) is 10.8. The van der Waals surface area contributed by atoms with Crippen molar-refractivity contribution in [1.29, 1.82) is 0 Å². The standard InChI is InChI=1S/C8H14O4.Rb.H/c1-2-3-4-5-12-8(11)6-7(9)10;;/h2-6H2,1H3,(H,9,10);;/q;+1;-1. The molecule has 0 unspecified atom stereocenters. The molecule has 0 aliphatic heterocycles. The van der Waals surface area contributed by atoms with Gasteiger partial charge in [-0.25, -0.2) is 0 Å². The third-order valence-corrected chi connectivity index (χ3v) is 1.31. The van der Waals surface area contributed by atoms with Crippen molar-refractivity contribution in [1.82, 2.24) is 0 Å². The molecule has 5 heteroatoms. The van der Waals surface area contributed by atoms with Crippen LogP contribution in [0.1, 0.15) is 34.0 Å². The number of aliphatic carboxylic acids is 1. The third kappa shape index (κ3) is 12.7. The van der Waals surface area contributed by atoms with Gasteiger partial charge >= 0.3 is 70.1 Å². The second-order valence-corrected chi connectivity index (χ2v) is 2.50. The molecule has 0 aliphatic carbocycles. The zero-order chi connectivity index (χ0) is 9.40. The van der Waals surface area contributed by atoms with Crippen LogP contribution in [0, 0.1) is 0 Å². The van der Waals surface area contributed by atoms with Gasteiger partial charge in [-0.2, -0.15) is 0 Å². The van der Waals surface area contributed by atoms with Crippen molar-refractivity contribution in [2.75, 3.05) is 6.61 Å². The van der Waals surface area contributed by atoms with E-state index in [-0.39, 0.29) is 59.6 Å². The fourth-order valence-corrected chi connectivity index (χ4v) is 0.713. The molecule has 0 rings (SSSR count). The van der Waals surface area contributed by atoms with Crippen LogP contribution in [-0.4, -0.2) is 23.7 Å². The van der Waals surface area contributed by atoms with Crippen LogP contribution in [-0.2, 0) is 14.3 Å². The van der Waals surface area contributed by atoms with Crippen LogP contribution in [0.4, 0.5) is 0 Å². The van der Waals surface area contributed by atoms with E-state index < -0.39 is 18.4 Å². The van der Waals surface area contributed by atoms with E-state index in [2.05, 4.69) is 4.74 Å². The zero-order valence-corrected chi connectivity index (χ0v) is 13.1. The average molecular weight is 261 g/mol. The quantitative estimate of drug-likeness (QED) is 0.352. The molecule has 0 saturated carbocycles. The fraction of sp³-hybridized carbons (Fsp3) is 0.750. The molecule has 0 bridgehead atoms. The van der Waals surface area contributed by atoms with Crippen molar-refractivity contribution in [2.24, 2.45) is 0 Å². The van der Waals surface area contributed by atoms with Gasteiger partial charge in [0.2, 0.25) is 0 Å². The largest absolute Gasteiger partial charge is 1.00 e. The summed E-state index contributed by atoms with van der Waals surface area (Å²) in [4.78, 5) is 20.6. The number of hydrogen-bond acceptors (Lipinski definition) is 3. The molecule has 0 spiro atoms. The first-order valence-electron chi connectivity index (χ1n) is 4.04. The van der Waals surface area contributed by atoms with Crippen molar-refractivity contribution in [2.45, 2.75) is 32.6 Å². The molecule has 0 saturated heterocycles. The number of esters is 1. The maximum atomic E-state index is 10.6. The summed E-state index contributed by atoms with van der Waals surface area (Å²) in [5.74, 6) is -1.80. The molecule has 0 aromatic rings. The maximum Gasteiger partial charge on any atom is 1.00 e. The van der Waals surface area contributed by atoms with Crippen LogP contribution in [0.5, 0.6) is 0 Å². The summed E-state index contributed by atoms with van der Waals surface area (Å²) in [6.45, 7) is 2.37. The van der Waals surface area contributed by atoms with Gasteiger partial charge in [-0.1, -0.05) is 19.8 Å². The molecule has 0 aliphatic rings. The monoisotopic (exact) mass is 260 g/mol. The van der Waals surface area contributed by atoms with Gasteiger partial charge in [-0.15, -0.1) is 0 Å². The van der Waals surface area contributed by atoms with E-state index in [9.17, 15) is 9.59 Å². The number of ether oxygens (including phenoxy) is 1. The van der Waals surface area contributed by atoms with Gasteiger partial charge in [0, 0.05) is 0 Å². The Hall–Kier alpha value is 0.745. The van der Waals surface area contributed by atoms with Gasteiger partial charge in [-0.3, -0.25) is 9.59 Å². The smallest absolute Gasteiger partial charge is 1.00 e. The van der Waals surface area contributed by atoms with Gasteiger partial charge in [-0.05, 0) is 6.42 Å². The number of carbonyl (C=O) groups excluding carboxylic acids is 1. The van der Waals surface area contributed by atoms with Crippen LogP contribution in [0.2, 0.25) is 0 Å². The minimum atomic E-state index is -1.14. The molecule has 0 fully saturated rings. The topological polar surface area (TPSA) is 63.6 Å². The number of carboxylic acids is 1. The van der Waals surface area contributed by atoms with Crippen LogP contribution in [0.3, 0.4) is 0 Å². The van der Waals surface area contributed by atoms with Crippen molar-refractivity contribution in [3.63, 3.8) is 0 Å². The Morgan fingerprint density at radius 2 is 2.00 bits per heavy atom. The van der Waals surface area contributed by atoms with Crippen molar-refractivity contribution in [3.05, 3.63) is 0 Å². The zero-order valence-electron chi connectivity index (χ0n) is 9.21. The molecule has 0 aromatic heterocycles. The summed E-state index contributed by atoms with van der Waals surface area (Å²) >= 11 is 0. The van der Waals surface area contributed by atoms with Crippen molar-refractivity contribution in [3.8, 4) is 0 Å². The molecule has 4 nitrogen and oxygen atoms in total. The van der Waals surface area contributed by atoms with E-state index in [1.165, 1.54) is 0 Å². The molecular weight excluding hydrogens is 246 g/mol. The Morgan fingerprint density at radius 3 is 2.46 bits per heavy atom. The minimum absolute atomic E-state index is 0. The Balaban J connectivity index is -0.000000605. The van der Waals surface area contributed by atoms with E-state index in [4.69, 9.17) is 5.11 Å². The summed E-state index contributed by atoms with van der Waals surface area (Å²) in [6.07, 6.45) is 2.32. The summed E-state index contributed by atoms with van der Waals surface area (Å²) in [5.41, 5.74) is 0. The normalized spacial score (nSPS) is 8.69. The first-order valence-corrected chi connectivity index (χ1v) is 4.04. The van der Waals surface area contributed by atoms with Gasteiger partial charge in [0.15, 0.2) is 0 Å². The second-order valence-electron chi connectivity index (χ2n) is 2.50. The van der Waals surface area contributed by atoms with E-state index >= 15 is 0 Å². The Labute approximate surface area is 128 Å². The van der Waals surface area contributed by atoms with E-state index in [0.29, 0.717) is 6.61 Å². The summed E-state index contributed by atoms with van der Waals surface area (Å²) in [7, 11) is 0. The van der Waals surface area contributed by atoms with E-state index in [1.807, 2.05) is 6.92 Å². The average Bonchev–Trinajstić information content (AvgIpc) is 1.97. The molecule has 13 heavy (non-hydrogen) atoms. The maximum absolute atomic E-state index is 10.6. The number of unbranched alkanes of at least 4 members (excludes halogenated alkanes) is 2. The molecular formula is C8H15O4Rb. The number of carbonyl (C=O) groups is 2. The molecule has 0 atom stereocenters. The number of rotatable bonds is 6. The molecule has 0 aromatic carbocycles. The Morgan fingerprint density at radius 1 is 1.38 bits per heavy atom. The Kier molecular flexibility index (Phi) is 13.5.